The first-order chi connectivity index (χ1) is 9.21. The lowest BCUT2D eigenvalue weighted by Crippen LogP contribution is -2.24. The molecule has 0 amide bonds. The standard InChI is InChI=1S/C16H19NO2/c1-3-12-8-9-14(15(12)16(18)19-2)13-6-4-11(10-17)5-7-13/h4-7,12,14-15H,3,8-9H2,1-2H3. The Morgan fingerprint density at radius 1 is 1.37 bits per heavy atom. The highest BCUT2D eigenvalue weighted by molar-refractivity contribution is 5.74. The van der Waals surface area contributed by atoms with Gasteiger partial charge in [0.1, 0.15) is 0 Å². The molecule has 0 spiro atoms. The second kappa shape index (κ2) is 5.88. The van der Waals surface area contributed by atoms with Crippen molar-refractivity contribution >= 4 is 5.97 Å². The van der Waals surface area contributed by atoms with Gasteiger partial charge in [-0.2, -0.15) is 5.26 Å². The van der Waals surface area contributed by atoms with Crippen molar-refractivity contribution in [3.63, 3.8) is 0 Å². The molecule has 0 bridgehead atoms. The summed E-state index contributed by atoms with van der Waals surface area (Å²) in [6, 6.07) is 9.70. The summed E-state index contributed by atoms with van der Waals surface area (Å²) in [4.78, 5) is 12.0. The van der Waals surface area contributed by atoms with Crippen molar-refractivity contribution in [2.45, 2.75) is 32.1 Å². The van der Waals surface area contributed by atoms with Crippen LogP contribution in [0.4, 0.5) is 0 Å². The van der Waals surface area contributed by atoms with Gasteiger partial charge < -0.3 is 4.74 Å². The van der Waals surface area contributed by atoms with Crippen LogP contribution < -0.4 is 0 Å². The molecule has 0 heterocycles. The summed E-state index contributed by atoms with van der Waals surface area (Å²) in [5, 5.41) is 8.83. The van der Waals surface area contributed by atoms with Crippen molar-refractivity contribution in [3.8, 4) is 6.07 Å². The van der Waals surface area contributed by atoms with Crippen molar-refractivity contribution in [2.75, 3.05) is 7.11 Å². The highest BCUT2D eigenvalue weighted by Gasteiger charge is 2.41. The summed E-state index contributed by atoms with van der Waals surface area (Å²) in [6.07, 6.45) is 3.09. The number of carbonyl (C=O) groups excluding carboxylic acids is 1. The SMILES string of the molecule is CCC1CCC(c2ccc(C#N)cc2)C1C(=O)OC. The van der Waals surface area contributed by atoms with E-state index in [2.05, 4.69) is 13.0 Å². The normalized spacial score (nSPS) is 25.8. The first-order valence-corrected chi connectivity index (χ1v) is 6.79. The van der Waals surface area contributed by atoms with Crippen LogP contribution in [0.3, 0.4) is 0 Å². The van der Waals surface area contributed by atoms with E-state index in [9.17, 15) is 4.79 Å². The first kappa shape index (κ1) is 13.6. The van der Waals surface area contributed by atoms with Crippen LogP contribution in [0.25, 0.3) is 0 Å². The molecule has 0 radical (unpaired) electrons. The summed E-state index contributed by atoms with van der Waals surface area (Å²) in [7, 11) is 1.46. The van der Waals surface area contributed by atoms with Gasteiger partial charge in [0, 0.05) is 0 Å². The Kier molecular flexibility index (Phi) is 4.21. The fourth-order valence-electron chi connectivity index (χ4n) is 3.21. The molecule has 3 nitrogen and oxygen atoms in total. The smallest absolute Gasteiger partial charge is 0.309 e. The summed E-state index contributed by atoms with van der Waals surface area (Å²) in [6.45, 7) is 2.13. The first-order valence-electron chi connectivity index (χ1n) is 6.79. The van der Waals surface area contributed by atoms with E-state index in [1.165, 1.54) is 7.11 Å². The van der Waals surface area contributed by atoms with E-state index in [1.807, 2.05) is 24.3 Å². The highest BCUT2D eigenvalue weighted by Crippen LogP contribution is 2.45. The maximum atomic E-state index is 12.0. The predicted molar refractivity (Wildman–Crippen MR) is 72.4 cm³/mol. The van der Waals surface area contributed by atoms with Crippen LogP contribution >= 0.6 is 0 Å². The Morgan fingerprint density at radius 3 is 2.58 bits per heavy atom. The van der Waals surface area contributed by atoms with Gasteiger partial charge in [-0.1, -0.05) is 25.5 Å². The maximum absolute atomic E-state index is 12.0. The maximum Gasteiger partial charge on any atom is 0.309 e. The van der Waals surface area contributed by atoms with E-state index in [0.717, 1.165) is 24.8 Å². The monoisotopic (exact) mass is 257 g/mol. The highest BCUT2D eigenvalue weighted by atomic mass is 16.5. The number of hydrogen-bond donors (Lipinski definition) is 0. The number of methoxy groups -OCH3 is 1. The Labute approximate surface area is 114 Å². The lowest BCUT2D eigenvalue weighted by atomic mass is 9.83. The number of esters is 1. The largest absolute Gasteiger partial charge is 0.469 e. The van der Waals surface area contributed by atoms with Gasteiger partial charge in [0.2, 0.25) is 0 Å². The third kappa shape index (κ3) is 2.63. The summed E-state index contributed by atoms with van der Waals surface area (Å²) < 4.78 is 4.97. The lowest BCUT2D eigenvalue weighted by molar-refractivity contribution is -0.147. The second-order valence-electron chi connectivity index (χ2n) is 5.13. The average Bonchev–Trinajstić information content (AvgIpc) is 2.90. The van der Waals surface area contributed by atoms with Crippen LogP contribution in [0, 0.1) is 23.2 Å². The number of carbonyl (C=O) groups is 1. The molecule has 1 aliphatic carbocycles. The molecule has 1 aromatic rings. The quantitative estimate of drug-likeness (QED) is 0.781. The minimum atomic E-state index is -0.0984. The molecule has 3 atom stereocenters. The molecule has 19 heavy (non-hydrogen) atoms. The summed E-state index contributed by atoms with van der Waals surface area (Å²) >= 11 is 0. The number of hydrogen-bond acceptors (Lipinski definition) is 3. The Hall–Kier alpha value is -1.82. The minimum Gasteiger partial charge on any atom is -0.469 e. The van der Waals surface area contributed by atoms with Crippen LogP contribution in [-0.4, -0.2) is 13.1 Å². The zero-order chi connectivity index (χ0) is 13.8. The van der Waals surface area contributed by atoms with E-state index < -0.39 is 0 Å². The molecule has 0 aromatic heterocycles. The Bertz CT molecular complexity index is 486. The fourth-order valence-corrected chi connectivity index (χ4v) is 3.21. The van der Waals surface area contributed by atoms with Crippen LogP contribution in [0.1, 0.15) is 43.2 Å². The minimum absolute atomic E-state index is 0.0389. The Balaban J connectivity index is 2.26. The van der Waals surface area contributed by atoms with Crippen molar-refractivity contribution in [1.29, 1.82) is 5.26 Å². The molecule has 0 N–H and O–H groups in total. The number of nitrogens with zero attached hydrogens (tertiary/aromatic N) is 1. The van der Waals surface area contributed by atoms with Gasteiger partial charge >= 0.3 is 5.97 Å². The fraction of sp³-hybridized carbons (Fsp3) is 0.500. The molecule has 100 valence electrons. The third-order valence-corrected chi connectivity index (χ3v) is 4.26. The van der Waals surface area contributed by atoms with Gasteiger partial charge in [0.15, 0.2) is 0 Å². The van der Waals surface area contributed by atoms with Gasteiger partial charge in [-0.25, -0.2) is 0 Å². The molecule has 0 aliphatic heterocycles. The summed E-state index contributed by atoms with van der Waals surface area (Å²) in [5.41, 5.74) is 1.80. The molecule has 1 aliphatic rings. The number of nitriles is 1. The van der Waals surface area contributed by atoms with Crippen molar-refractivity contribution < 1.29 is 9.53 Å². The van der Waals surface area contributed by atoms with Crippen LogP contribution in [0.15, 0.2) is 24.3 Å². The van der Waals surface area contributed by atoms with Crippen molar-refractivity contribution in [2.24, 2.45) is 11.8 Å². The molecule has 3 heteroatoms. The van der Waals surface area contributed by atoms with Gasteiger partial charge in [-0.3, -0.25) is 4.79 Å². The molecular formula is C16H19NO2. The number of ether oxygens (including phenoxy) is 1. The molecule has 1 aromatic carbocycles. The van der Waals surface area contributed by atoms with E-state index in [1.54, 1.807) is 0 Å². The topological polar surface area (TPSA) is 50.1 Å². The van der Waals surface area contributed by atoms with Gasteiger partial charge in [0.05, 0.1) is 24.7 Å². The van der Waals surface area contributed by atoms with Gasteiger partial charge in [-0.15, -0.1) is 0 Å². The third-order valence-electron chi connectivity index (χ3n) is 4.26. The molecular weight excluding hydrogens is 238 g/mol. The summed E-state index contributed by atoms with van der Waals surface area (Å²) in [5.74, 6) is 0.500. The molecule has 3 unspecified atom stereocenters. The zero-order valence-corrected chi connectivity index (χ0v) is 11.4. The van der Waals surface area contributed by atoms with E-state index in [4.69, 9.17) is 10.00 Å². The lowest BCUT2D eigenvalue weighted by Gasteiger charge is -2.22. The van der Waals surface area contributed by atoms with Gasteiger partial charge in [0.25, 0.3) is 0 Å². The second-order valence-corrected chi connectivity index (χ2v) is 5.13. The Morgan fingerprint density at radius 2 is 2.05 bits per heavy atom. The van der Waals surface area contributed by atoms with Crippen molar-refractivity contribution in [3.05, 3.63) is 35.4 Å². The molecule has 1 fully saturated rings. The van der Waals surface area contributed by atoms with Crippen molar-refractivity contribution in [1.82, 2.24) is 0 Å². The van der Waals surface area contributed by atoms with Crippen LogP contribution in [-0.2, 0) is 9.53 Å². The van der Waals surface area contributed by atoms with Crippen LogP contribution in [0.2, 0.25) is 0 Å². The zero-order valence-electron chi connectivity index (χ0n) is 11.4. The predicted octanol–water partition coefficient (Wildman–Crippen LogP) is 3.25. The van der Waals surface area contributed by atoms with Gasteiger partial charge in [-0.05, 0) is 42.4 Å². The molecule has 1 saturated carbocycles. The molecule has 0 saturated heterocycles. The van der Waals surface area contributed by atoms with E-state index >= 15 is 0 Å². The van der Waals surface area contributed by atoms with Crippen LogP contribution in [0.5, 0.6) is 0 Å². The van der Waals surface area contributed by atoms with E-state index in [0.29, 0.717) is 11.5 Å². The molecule has 2 rings (SSSR count). The van der Waals surface area contributed by atoms with E-state index in [-0.39, 0.29) is 17.8 Å². The number of rotatable bonds is 3. The average molecular weight is 257 g/mol. The number of benzene rings is 1.